The molecule has 0 bridgehead atoms. The second kappa shape index (κ2) is 7.82. The number of halogens is 2. The van der Waals surface area contributed by atoms with Crippen LogP contribution < -0.4 is 10.9 Å². The molecule has 1 amide bonds. The summed E-state index contributed by atoms with van der Waals surface area (Å²) in [5.41, 5.74) is 0.157. The maximum atomic E-state index is 12.1. The predicted octanol–water partition coefficient (Wildman–Crippen LogP) is 4.20. The monoisotopic (exact) mass is 405 g/mol. The van der Waals surface area contributed by atoms with E-state index >= 15 is 0 Å². The van der Waals surface area contributed by atoms with Crippen LogP contribution in [0.25, 0.3) is 11.0 Å². The highest BCUT2D eigenvalue weighted by molar-refractivity contribution is 6.40. The van der Waals surface area contributed by atoms with E-state index in [2.05, 4.69) is 5.32 Å². The van der Waals surface area contributed by atoms with Crippen molar-refractivity contribution in [3.8, 4) is 0 Å². The van der Waals surface area contributed by atoms with Gasteiger partial charge in [0.1, 0.15) is 11.1 Å². The van der Waals surface area contributed by atoms with Gasteiger partial charge in [-0.25, -0.2) is 9.59 Å². The molecule has 0 saturated carbocycles. The minimum Gasteiger partial charge on any atom is -0.452 e. The van der Waals surface area contributed by atoms with Crippen molar-refractivity contribution in [2.75, 3.05) is 11.9 Å². The van der Waals surface area contributed by atoms with Crippen molar-refractivity contribution in [2.45, 2.75) is 6.92 Å². The van der Waals surface area contributed by atoms with Crippen LogP contribution in [-0.4, -0.2) is 18.5 Å². The molecule has 27 heavy (non-hydrogen) atoms. The average molecular weight is 406 g/mol. The van der Waals surface area contributed by atoms with Crippen LogP contribution in [0.1, 0.15) is 15.9 Å². The molecular formula is C19H13Cl2NO5. The second-order valence-corrected chi connectivity index (χ2v) is 6.45. The number of carbonyl (C=O) groups excluding carboxylic acids is 2. The van der Waals surface area contributed by atoms with Crippen LogP contribution >= 0.6 is 23.2 Å². The Balaban J connectivity index is 1.71. The maximum absolute atomic E-state index is 12.1. The number of nitrogens with one attached hydrogen (secondary N) is 1. The summed E-state index contributed by atoms with van der Waals surface area (Å²) in [5, 5.41) is 3.59. The smallest absolute Gasteiger partial charge is 0.351 e. The number of amides is 1. The number of rotatable bonds is 4. The molecule has 138 valence electrons. The summed E-state index contributed by atoms with van der Waals surface area (Å²) in [7, 11) is 0. The fraction of sp³-hybridized carbons (Fsp3) is 0.105. The molecule has 0 fully saturated rings. The molecular weight excluding hydrogens is 393 g/mol. The molecule has 0 aliphatic rings. The van der Waals surface area contributed by atoms with Gasteiger partial charge >= 0.3 is 11.6 Å². The first-order valence-electron chi connectivity index (χ1n) is 7.81. The van der Waals surface area contributed by atoms with E-state index in [0.717, 1.165) is 5.56 Å². The van der Waals surface area contributed by atoms with E-state index in [1.54, 1.807) is 43.3 Å². The Morgan fingerprint density at radius 3 is 2.67 bits per heavy atom. The largest absolute Gasteiger partial charge is 0.452 e. The molecule has 3 rings (SSSR count). The third-order valence-electron chi connectivity index (χ3n) is 3.74. The average Bonchev–Trinajstić information content (AvgIpc) is 2.65. The molecule has 1 N–H and O–H groups in total. The number of esters is 1. The number of hydrogen-bond acceptors (Lipinski definition) is 5. The molecule has 0 atom stereocenters. The van der Waals surface area contributed by atoms with Crippen molar-refractivity contribution in [3.63, 3.8) is 0 Å². The number of fused-ring (bicyclic) bond motifs is 1. The number of ether oxygens (including phenoxy) is 1. The molecule has 2 aromatic carbocycles. The SMILES string of the molecule is Cc1ccc(Cl)c(NC(=O)COC(=O)c2cc3ccccc3oc2=O)c1Cl. The molecule has 3 aromatic rings. The molecule has 8 heteroatoms. The third kappa shape index (κ3) is 4.13. The highest BCUT2D eigenvalue weighted by Gasteiger charge is 2.18. The van der Waals surface area contributed by atoms with Crippen molar-refractivity contribution in [1.29, 1.82) is 0 Å². The third-order valence-corrected chi connectivity index (χ3v) is 4.55. The standard InChI is InChI=1S/C19H13Cl2NO5/c1-10-6-7-13(20)17(16(10)21)22-15(23)9-26-18(24)12-8-11-4-2-3-5-14(11)27-19(12)25/h2-8H,9H2,1H3,(H,22,23). The van der Waals surface area contributed by atoms with Gasteiger partial charge in [0.2, 0.25) is 0 Å². The van der Waals surface area contributed by atoms with Crippen molar-refractivity contribution in [2.24, 2.45) is 0 Å². The minimum absolute atomic E-state index is 0.226. The zero-order valence-electron chi connectivity index (χ0n) is 14.0. The lowest BCUT2D eigenvalue weighted by Gasteiger charge is -2.11. The summed E-state index contributed by atoms with van der Waals surface area (Å²) in [6.07, 6.45) is 0. The molecule has 0 unspecified atom stereocenters. The fourth-order valence-electron chi connectivity index (χ4n) is 2.36. The Kier molecular flexibility index (Phi) is 5.48. The van der Waals surface area contributed by atoms with Crippen molar-refractivity contribution in [1.82, 2.24) is 0 Å². The maximum Gasteiger partial charge on any atom is 0.351 e. The van der Waals surface area contributed by atoms with Gasteiger partial charge in [-0.15, -0.1) is 0 Å². The van der Waals surface area contributed by atoms with E-state index in [9.17, 15) is 14.4 Å². The van der Waals surface area contributed by atoms with Gasteiger partial charge in [0.25, 0.3) is 5.91 Å². The molecule has 0 spiro atoms. The lowest BCUT2D eigenvalue weighted by Crippen LogP contribution is -2.24. The van der Waals surface area contributed by atoms with Gasteiger partial charge < -0.3 is 14.5 Å². The van der Waals surface area contributed by atoms with Gasteiger partial charge in [0, 0.05) is 5.39 Å². The van der Waals surface area contributed by atoms with E-state index in [1.165, 1.54) is 6.07 Å². The summed E-state index contributed by atoms with van der Waals surface area (Å²) in [6.45, 7) is 1.14. The minimum atomic E-state index is -0.967. The van der Waals surface area contributed by atoms with Gasteiger partial charge in [-0.2, -0.15) is 0 Å². The Morgan fingerprint density at radius 2 is 1.89 bits per heavy atom. The van der Waals surface area contributed by atoms with Gasteiger partial charge in [-0.1, -0.05) is 47.5 Å². The highest BCUT2D eigenvalue weighted by atomic mass is 35.5. The first-order valence-corrected chi connectivity index (χ1v) is 8.57. The molecule has 6 nitrogen and oxygen atoms in total. The summed E-state index contributed by atoms with van der Waals surface area (Å²) in [5.74, 6) is -1.62. The topological polar surface area (TPSA) is 85.6 Å². The van der Waals surface area contributed by atoms with Crippen LogP contribution in [0.5, 0.6) is 0 Å². The van der Waals surface area contributed by atoms with E-state index in [-0.39, 0.29) is 21.3 Å². The van der Waals surface area contributed by atoms with Crippen molar-refractivity contribution < 1.29 is 18.7 Å². The van der Waals surface area contributed by atoms with Crippen LogP contribution in [0.3, 0.4) is 0 Å². The van der Waals surface area contributed by atoms with Crippen molar-refractivity contribution >= 4 is 51.7 Å². The Morgan fingerprint density at radius 1 is 1.15 bits per heavy atom. The highest BCUT2D eigenvalue weighted by Crippen LogP contribution is 2.32. The van der Waals surface area contributed by atoms with Gasteiger partial charge in [-0.3, -0.25) is 4.79 Å². The van der Waals surface area contributed by atoms with Crippen LogP contribution in [0.15, 0.2) is 51.7 Å². The molecule has 1 aromatic heterocycles. The number of aryl methyl sites for hydroxylation is 1. The van der Waals surface area contributed by atoms with Crippen molar-refractivity contribution in [3.05, 3.63) is 74.1 Å². The van der Waals surface area contributed by atoms with E-state index in [1.807, 2.05) is 0 Å². The van der Waals surface area contributed by atoms with Crippen LogP contribution in [0, 0.1) is 6.92 Å². The van der Waals surface area contributed by atoms with Crippen LogP contribution in [0.4, 0.5) is 5.69 Å². The second-order valence-electron chi connectivity index (χ2n) is 5.66. The van der Waals surface area contributed by atoms with Crippen LogP contribution in [-0.2, 0) is 9.53 Å². The Hall–Kier alpha value is -2.83. The quantitative estimate of drug-likeness (QED) is 0.519. The number of carbonyl (C=O) groups is 2. The zero-order chi connectivity index (χ0) is 19.6. The molecule has 0 aliphatic heterocycles. The van der Waals surface area contributed by atoms with E-state index in [4.69, 9.17) is 32.4 Å². The predicted molar refractivity (Wildman–Crippen MR) is 103 cm³/mol. The number of para-hydroxylation sites is 1. The van der Waals surface area contributed by atoms with E-state index in [0.29, 0.717) is 11.0 Å². The zero-order valence-corrected chi connectivity index (χ0v) is 15.6. The van der Waals surface area contributed by atoms with E-state index < -0.39 is 24.1 Å². The number of anilines is 1. The summed E-state index contributed by atoms with van der Waals surface area (Å²) in [6, 6.07) is 11.4. The van der Waals surface area contributed by atoms with Crippen LogP contribution in [0.2, 0.25) is 10.0 Å². The lowest BCUT2D eigenvalue weighted by atomic mass is 10.2. The number of hydrogen-bond donors (Lipinski definition) is 1. The molecule has 0 radical (unpaired) electrons. The first kappa shape index (κ1) is 18.9. The Bertz CT molecular complexity index is 1110. The fourth-order valence-corrected chi connectivity index (χ4v) is 2.82. The first-order chi connectivity index (χ1) is 12.9. The summed E-state index contributed by atoms with van der Waals surface area (Å²) < 4.78 is 9.97. The number of benzene rings is 2. The molecule has 1 heterocycles. The lowest BCUT2D eigenvalue weighted by molar-refractivity contribution is -0.119. The summed E-state index contributed by atoms with van der Waals surface area (Å²) in [4.78, 5) is 36.1. The normalized spacial score (nSPS) is 10.6. The van der Waals surface area contributed by atoms with Gasteiger partial charge in [0.15, 0.2) is 6.61 Å². The molecule has 0 aliphatic carbocycles. The molecule has 0 saturated heterocycles. The van der Waals surface area contributed by atoms with Gasteiger partial charge in [-0.05, 0) is 30.7 Å². The Labute approximate surface area is 163 Å². The summed E-state index contributed by atoms with van der Waals surface area (Å²) >= 11 is 12.1. The van der Waals surface area contributed by atoms with Gasteiger partial charge in [0.05, 0.1) is 15.7 Å².